The number of ketones is 3. The molecule has 0 spiro atoms. The maximum atomic E-state index is 12.7. The van der Waals surface area contributed by atoms with Crippen molar-refractivity contribution in [1.29, 1.82) is 0 Å². The summed E-state index contributed by atoms with van der Waals surface area (Å²) < 4.78 is 11.2. The smallest absolute Gasteiger partial charge is 0.193 e. The van der Waals surface area contributed by atoms with Crippen molar-refractivity contribution in [3.8, 4) is 0 Å². The summed E-state index contributed by atoms with van der Waals surface area (Å²) in [6, 6.07) is 14.9. The summed E-state index contributed by atoms with van der Waals surface area (Å²) in [5.74, 6) is 0.496. The molecule has 5 nitrogen and oxygen atoms in total. The zero-order valence-corrected chi connectivity index (χ0v) is 19.2. The quantitative estimate of drug-likeness (QED) is 0.257. The number of carbonyl (C=O) groups excluding carboxylic acids is 3. The van der Waals surface area contributed by atoms with Crippen LogP contribution in [0.15, 0.2) is 48.5 Å². The van der Waals surface area contributed by atoms with E-state index in [1.54, 1.807) is 0 Å². The number of benzene rings is 2. The Kier molecular flexibility index (Phi) is 11.6. The monoisotopic (exact) mass is 438 g/mol. The molecule has 32 heavy (non-hydrogen) atoms. The van der Waals surface area contributed by atoms with Gasteiger partial charge in [0, 0.05) is 50.0 Å². The zero-order valence-electron chi connectivity index (χ0n) is 19.2. The highest BCUT2D eigenvalue weighted by molar-refractivity contribution is 6.09. The molecule has 0 aliphatic heterocycles. The van der Waals surface area contributed by atoms with E-state index in [2.05, 4.69) is 0 Å². The standard InChI is InChI=1S/C27H34O5/c1-3-25(28)7-5-17-31-19-21-9-13-23(14-10-21)27(30)24-15-11-22(12-16-24)20-32-18-6-8-26(29)4-2/h9-16H,3-8,17-20H2,1-2H3. The van der Waals surface area contributed by atoms with Gasteiger partial charge >= 0.3 is 0 Å². The van der Waals surface area contributed by atoms with Crippen LogP contribution in [0.4, 0.5) is 0 Å². The summed E-state index contributed by atoms with van der Waals surface area (Å²) in [5.41, 5.74) is 3.26. The van der Waals surface area contributed by atoms with Crippen LogP contribution in [0.5, 0.6) is 0 Å². The van der Waals surface area contributed by atoms with Gasteiger partial charge in [-0.1, -0.05) is 62.4 Å². The van der Waals surface area contributed by atoms with Crippen LogP contribution >= 0.6 is 0 Å². The summed E-state index contributed by atoms with van der Waals surface area (Å²) in [6.45, 7) is 5.79. The lowest BCUT2D eigenvalue weighted by Crippen LogP contribution is -2.03. The molecular formula is C27H34O5. The van der Waals surface area contributed by atoms with Gasteiger partial charge in [-0.2, -0.15) is 0 Å². The van der Waals surface area contributed by atoms with Crippen LogP contribution in [-0.4, -0.2) is 30.6 Å². The molecule has 0 amide bonds. The maximum absolute atomic E-state index is 12.7. The summed E-state index contributed by atoms with van der Waals surface area (Å²) in [6.07, 6.45) is 3.76. The lowest BCUT2D eigenvalue weighted by molar-refractivity contribution is -0.119. The van der Waals surface area contributed by atoms with Gasteiger partial charge in [0.05, 0.1) is 13.2 Å². The molecule has 0 fully saturated rings. The van der Waals surface area contributed by atoms with E-state index in [1.165, 1.54) is 0 Å². The molecule has 0 atom stereocenters. The van der Waals surface area contributed by atoms with Crippen LogP contribution in [0.2, 0.25) is 0 Å². The molecule has 2 aromatic rings. The number of ether oxygens (including phenoxy) is 2. The van der Waals surface area contributed by atoms with Gasteiger partial charge in [0.2, 0.25) is 0 Å². The highest BCUT2D eigenvalue weighted by Gasteiger charge is 2.09. The molecule has 2 aromatic carbocycles. The summed E-state index contributed by atoms with van der Waals surface area (Å²) in [5, 5.41) is 0. The Labute approximate surface area is 191 Å². The van der Waals surface area contributed by atoms with Crippen molar-refractivity contribution in [3.63, 3.8) is 0 Å². The molecule has 0 unspecified atom stereocenters. The van der Waals surface area contributed by atoms with E-state index >= 15 is 0 Å². The molecule has 172 valence electrons. The Balaban J connectivity index is 1.75. The van der Waals surface area contributed by atoms with Gasteiger partial charge in [0.25, 0.3) is 0 Å². The van der Waals surface area contributed by atoms with Gasteiger partial charge in [-0.15, -0.1) is 0 Å². The SMILES string of the molecule is CCC(=O)CCCOCc1ccc(C(=O)c2ccc(COCCCC(=O)CC)cc2)cc1. The van der Waals surface area contributed by atoms with E-state index in [0.717, 1.165) is 24.0 Å². The highest BCUT2D eigenvalue weighted by atomic mass is 16.5. The first-order valence-corrected chi connectivity index (χ1v) is 11.4. The lowest BCUT2D eigenvalue weighted by atomic mass is 10.0. The first kappa shape index (κ1) is 25.6. The first-order chi connectivity index (χ1) is 15.5. The summed E-state index contributed by atoms with van der Waals surface area (Å²) in [4.78, 5) is 35.3. The maximum Gasteiger partial charge on any atom is 0.193 e. The molecule has 0 N–H and O–H groups in total. The topological polar surface area (TPSA) is 69.7 Å². The molecule has 0 saturated carbocycles. The lowest BCUT2D eigenvalue weighted by Gasteiger charge is -2.07. The number of rotatable bonds is 16. The van der Waals surface area contributed by atoms with Gasteiger partial charge in [-0.05, 0) is 24.0 Å². The fourth-order valence-corrected chi connectivity index (χ4v) is 3.15. The van der Waals surface area contributed by atoms with Crippen molar-refractivity contribution in [1.82, 2.24) is 0 Å². The number of hydrogen-bond acceptors (Lipinski definition) is 5. The van der Waals surface area contributed by atoms with E-state index in [4.69, 9.17) is 9.47 Å². The van der Waals surface area contributed by atoms with Crippen molar-refractivity contribution in [3.05, 3.63) is 70.8 Å². The van der Waals surface area contributed by atoms with Gasteiger partial charge in [0.1, 0.15) is 11.6 Å². The van der Waals surface area contributed by atoms with Crippen molar-refractivity contribution in [2.45, 2.75) is 65.6 Å². The average molecular weight is 439 g/mol. The molecule has 2 rings (SSSR count). The molecule has 5 heteroatoms. The van der Waals surface area contributed by atoms with Crippen LogP contribution < -0.4 is 0 Å². The molecule has 0 heterocycles. The minimum Gasteiger partial charge on any atom is -0.377 e. The van der Waals surface area contributed by atoms with Crippen LogP contribution in [-0.2, 0) is 32.3 Å². The molecule has 0 aliphatic rings. The van der Waals surface area contributed by atoms with Gasteiger partial charge < -0.3 is 9.47 Å². The fourth-order valence-electron chi connectivity index (χ4n) is 3.15. The third-order valence-corrected chi connectivity index (χ3v) is 5.25. The highest BCUT2D eigenvalue weighted by Crippen LogP contribution is 2.14. The zero-order chi connectivity index (χ0) is 23.2. The Hall–Kier alpha value is -2.63. The Morgan fingerprint density at radius 1 is 0.625 bits per heavy atom. The predicted molar refractivity (Wildman–Crippen MR) is 125 cm³/mol. The van der Waals surface area contributed by atoms with Crippen LogP contribution in [0.3, 0.4) is 0 Å². The van der Waals surface area contributed by atoms with Crippen molar-refractivity contribution >= 4 is 17.3 Å². The molecule has 0 saturated heterocycles. The molecular weight excluding hydrogens is 404 g/mol. The molecule has 0 aliphatic carbocycles. The molecule has 0 radical (unpaired) electrons. The van der Waals surface area contributed by atoms with Crippen LogP contribution in [0.25, 0.3) is 0 Å². The normalized spacial score (nSPS) is 10.8. The second kappa shape index (κ2) is 14.4. The van der Waals surface area contributed by atoms with E-state index < -0.39 is 0 Å². The minimum atomic E-state index is -0.0268. The van der Waals surface area contributed by atoms with Crippen molar-refractivity contribution < 1.29 is 23.9 Å². The Morgan fingerprint density at radius 2 is 1.00 bits per heavy atom. The second-order valence-corrected chi connectivity index (χ2v) is 7.82. The Morgan fingerprint density at radius 3 is 1.34 bits per heavy atom. The van der Waals surface area contributed by atoms with Crippen molar-refractivity contribution in [2.24, 2.45) is 0 Å². The fraction of sp³-hybridized carbons (Fsp3) is 0.444. The Bertz CT molecular complexity index is 781. The summed E-state index contributed by atoms with van der Waals surface area (Å²) >= 11 is 0. The summed E-state index contributed by atoms with van der Waals surface area (Å²) in [7, 11) is 0. The number of carbonyl (C=O) groups is 3. The average Bonchev–Trinajstić information content (AvgIpc) is 2.83. The van der Waals surface area contributed by atoms with Gasteiger partial charge in [-0.25, -0.2) is 0 Å². The van der Waals surface area contributed by atoms with E-state index in [9.17, 15) is 14.4 Å². The number of Topliss-reactive ketones (excluding diaryl/α,β-unsaturated/α-hetero) is 2. The van der Waals surface area contributed by atoms with E-state index in [1.807, 2.05) is 62.4 Å². The second-order valence-electron chi connectivity index (χ2n) is 7.82. The number of hydrogen-bond donors (Lipinski definition) is 0. The van der Waals surface area contributed by atoms with Gasteiger partial charge in [0.15, 0.2) is 5.78 Å². The largest absolute Gasteiger partial charge is 0.377 e. The van der Waals surface area contributed by atoms with Gasteiger partial charge in [-0.3, -0.25) is 14.4 Å². The molecule has 0 aromatic heterocycles. The predicted octanol–water partition coefficient (Wildman–Crippen LogP) is 5.47. The molecule has 0 bridgehead atoms. The first-order valence-electron chi connectivity index (χ1n) is 11.4. The minimum absolute atomic E-state index is 0.0268. The van der Waals surface area contributed by atoms with Crippen LogP contribution in [0.1, 0.15) is 79.4 Å². The van der Waals surface area contributed by atoms with Crippen molar-refractivity contribution in [2.75, 3.05) is 13.2 Å². The van der Waals surface area contributed by atoms with E-state index in [0.29, 0.717) is 63.2 Å². The van der Waals surface area contributed by atoms with E-state index in [-0.39, 0.29) is 17.3 Å². The third-order valence-electron chi connectivity index (χ3n) is 5.25. The third kappa shape index (κ3) is 9.25. The van der Waals surface area contributed by atoms with Crippen LogP contribution in [0, 0.1) is 0 Å².